The first-order valence-corrected chi connectivity index (χ1v) is 9.51. The van der Waals surface area contributed by atoms with Crippen molar-refractivity contribution in [1.82, 2.24) is 4.98 Å². The molecule has 144 valence electrons. The van der Waals surface area contributed by atoms with Crippen LogP contribution < -0.4 is 10.2 Å². The summed E-state index contributed by atoms with van der Waals surface area (Å²) in [5.41, 5.74) is 1.73. The average Bonchev–Trinajstić information content (AvgIpc) is 3.23. The molecule has 6 heteroatoms. The van der Waals surface area contributed by atoms with E-state index in [1.54, 1.807) is 6.20 Å². The molecule has 1 fully saturated rings. The number of nitrogens with zero attached hydrogens (tertiary/aromatic N) is 2. The Labute approximate surface area is 164 Å². The summed E-state index contributed by atoms with van der Waals surface area (Å²) in [6.07, 6.45) is 2.61. The number of carbonyl (C=O) groups is 1. The zero-order valence-electron chi connectivity index (χ0n) is 15.6. The number of amides is 1. The summed E-state index contributed by atoms with van der Waals surface area (Å²) in [7, 11) is 0. The normalized spacial score (nSPS) is 14.1. The van der Waals surface area contributed by atoms with Gasteiger partial charge in [-0.15, -0.1) is 0 Å². The molecule has 1 aliphatic rings. The first-order chi connectivity index (χ1) is 13.8. The van der Waals surface area contributed by atoms with Gasteiger partial charge in [0.25, 0.3) is 0 Å². The Morgan fingerprint density at radius 2 is 1.86 bits per heavy atom. The van der Waals surface area contributed by atoms with Crippen LogP contribution >= 0.6 is 0 Å². The highest BCUT2D eigenvalue weighted by atomic mass is 16.5. The Morgan fingerprint density at radius 3 is 2.61 bits per heavy atom. The highest BCUT2D eigenvalue weighted by molar-refractivity contribution is 5.90. The van der Waals surface area contributed by atoms with Crippen molar-refractivity contribution in [2.45, 2.75) is 12.8 Å². The predicted octanol–water partition coefficient (Wildman–Crippen LogP) is 3.75. The van der Waals surface area contributed by atoms with Gasteiger partial charge in [-0.1, -0.05) is 30.3 Å². The molecule has 1 N–H and O–H groups in total. The van der Waals surface area contributed by atoms with Gasteiger partial charge >= 0.3 is 0 Å². The number of furan rings is 1. The molecule has 0 spiro atoms. The summed E-state index contributed by atoms with van der Waals surface area (Å²) in [6, 6.07) is 17.6. The molecule has 28 heavy (non-hydrogen) atoms. The van der Waals surface area contributed by atoms with E-state index >= 15 is 0 Å². The Kier molecular flexibility index (Phi) is 5.68. The Balaban J connectivity index is 1.28. The lowest BCUT2D eigenvalue weighted by molar-refractivity contribution is -0.116. The van der Waals surface area contributed by atoms with Gasteiger partial charge in [-0.05, 0) is 24.3 Å². The molecule has 1 aromatic carbocycles. The molecule has 0 unspecified atom stereocenters. The Morgan fingerprint density at radius 1 is 1.04 bits per heavy atom. The van der Waals surface area contributed by atoms with Crippen LogP contribution in [0.2, 0.25) is 0 Å². The summed E-state index contributed by atoms with van der Waals surface area (Å²) < 4.78 is 11.2. The summed E-state index contributed by atoms with van der Waals surface area (Å²) in [6.45, 7) is 3.12. The molecule has 2 aromatic heterocycles. The van der Waals surface area contributed by atoms with Gasteiger partial charge in [-0.25, -0.2) is 4.98 Å². The standard InChI is InChI=1S/C22H23N3O3/c26-22(11-8-19-7-9-20(28-19)17-4-2-1-3-5-17)24-18-6-10-21(23-16-18)25-12-14-27-15-13-25/h1-7,9-10,16H,8,11-15H2,(H,24,26). The largest absolute Gasteiger partial charge is 0.461 e. The third-order valence-corrected chi connectivity index (χ3v) is 4.69. The molecule has 4 rings (SSSR count). The van der Waals surface area contributed by atoms with Crippen LogP contribution in [-0.4, -0.2) is 37.2 Å². The second-order valence-corrected chi connectivity index (χ2v) is 6.68. The van der Waals surface area contributed by atoms with Gasteiger partial charge in [0.1, 0.15) is 17.3 Å². The number of rotatable bonds is 6. The molecule has 6 nitrogen and oxygen atoms in total. The topological polar surface area (TPSA) is 67.6 Å². The number of pyridine rings is 1. The van der Waals surface area contributed by atoms with Crippen LogP contribution in [0.25, 0.3) is 11.3 Å². The number of carbonyl (C=O) groups excluding carboxylic acids is 1. The number of hydrogen-bond donors (Lipinski definition) is 1. The number of anilines is 2. The minimum Gasteiger partial charge on any atom is -0.461 e. The SMILES string of the molecule is O=C(CCc1ccc(-c2ccccc2)o1)Nc1ccc(N2CCOCC2)nc1. The fourth-order valence-electron chi connectivity index (χ4n) is 3.17. The maximum absolute atomic E-state index is 12.2. The minimum atomic E-state index is -0.0569. The number of aryl methyl sites for hydroxylation is 1. The maximum atomic E-state index is 12.2. The molecule has 0 saturated carbocycles. The van der Waals surface area contributed by atoms with Crippen LogP contribution in [0.15, 0.2) is 65.2 Å². The molecule has 0 radical (unpaired) electrons. The lowest BCUT2D eigenvalue weighted by Gasteiger charge is -2.27. The molecule has 3 aromatic rings. The monoisotopic (exact) mass is 377 g/mol. The number of benzene rings is 1. The van der Waals surface area contributed by atoms with Crippen LogP contribution in [0, 0.1) is 0 Å². The molecule has 1 aliphatic heterocycles. The van der Waals surface area contributed by atoms with Gasteiger partial charge in [0.05, 0.1) is 25.1 Å². The molecule has 1 amide bonds. The molecule has 0 atom stereocenters. The molecular weight excluding hydrogens is 354 g/mol. The van der Waals surface area contributed by atoms with E-state index in [2.05, 4.69) is 15.2 Å². The van der Waals surface area contributed by atoms with Gasteiger partial charge in [-0.3, -0.25) is 4.79 Å². The molecular formula is C22H23N3O3. The van der Waals surface area contributed by atoms with Crippen molar-refractivity contribution in [2.75, 3.05) is 36.5 Å². The quantitative estimate of drug-likeness (QED) is 0.709. The van der Waals surface area contributed by atoms with E-state index in [4.69, 9.17) is 9.15 Å². The second kappa shape index (κ2) is 8.71. The molecule has 0 bridgehead atoms. The van der Waals surface area contributed by atoms with Crippen molar-refractivity contribution >= 4 is 17.4 Å². The zero-order valence-corrected chi connectivity index (χ0v) is 15.6. The van der Waals surface area contributed by atoms with Gasteiger partial charge in [-0.2, -0.15) is 0 Å². The van der Waals surface area contributed by atoms with Crippen molar-refractivity contribution in [3.8, 4) is 11.3 Å². The number of nitrogens with one attached hydrogen (secondary N) is 1. The maximum Gasteiger partial charge on any atom is 0.224 e. The van der Waals surface area contributed by atoms with E-state index in [9.17, 15) is 4.79 Å². The first kappa shape index (κ1) is 18.3. The highest BCUT2D eigenvalue weighted by Gasteiger charge is 2.13. The summed E-state index contributed by atoms with van der Waals surface area (Å²) in [5, 5.41) is 2.89. The van der Waals surface area contributed by atoms with Gasteiger partial charge in [0, 0.05) is 31.5 Å². The average molecular weight is 377 g/mol. The van der Waals surface area contributed by atoms with Crippen molar-refractivity contribution in [3.05, 3.63) is 66.6 Å². The van der Waals surface area contributed by atoms with Crippen LogP contribution in [0.4, 0.5) is 11.5 Å². The summed E-state index contributed by atoms with van der Waals surface area (Å²) in [4.78, 5) is 18.9. The number of ether oxygens (including phenoxy) is 1. The van der Waals surface area contributed by atoms with Crippen molar-refractivity contribution in [1.29, 1.82) is 0 Å². The number of morpholine rings is 1. The predicted molar refractivity (Wildman–Crippen MR) is 108 cm³/mol. The van der Waals surface area contributed by atoms with E-state index in [-0.39, 0.29) is 5.91 Å². The van der Waals surface area contributed by atoms with Crippen molar-refractivity contribution in [2.24, 2.45) is 0 Å². The van der Waals surface area contributed by atoms with E-state index < -0.39 is 0 Å². The third kappa shape index (κ3) is 4.58. The van der Waals surface area contributed by atoms with Crippen molar-refractivity contribution < 1.29 is 13.9 Å². The third-order valence-electron chi connectivity index (χ3n) is 4.69. The lowest BCUT2D eigenvalue weighted by atomic mass is 10.2. The minimum absolute atomic E-state index is 0.0569. The van der Waals surface area contributed by atoms with Crippen LogP contribution in [0.3, 0.4) is 0 Å². The van der Waals surface area contributed by atoms with Crippen molar-refractivity contribution in [3.63, 3.8) is 0 Å². The van der Waals surface area contributed by atoms with Gasteiger partial charge < -0.3 is 19.4 Å². The zero-order chi connectivity index (χ0) is 19.2. The molecule has 0 aliphatic carbocycles. The summed E-state index contributed by atoms with van der Waals surface area (Å²) in [5.74, 6) is 2.47. The van der Waals surface area contributed by atoms with Gasteiger partial charge in [0.2, 0.25) is 5.91 Å². The lowest BCUT2D eigenvalue weighted by Crippen LogP contribution is -2.36. The molecule has 3 heterocycles. The van der Waals surface area contributed by atoms with Crippen LogP contribution in [-0.2, 0) is 16.0 Å². The number of hydrogen-bond acceptors (Lipinski definition) is 5. The van der Waals surface area contributed by atoms with E-state index in [1.165, 1.54) is 0 Å². The van der Waals surface area contributed by atoms with Crippen LogP contribution in [0.1, 0.15) is 12.2 Å². The fraction of sp³-hybridized carbons (Fsp3) is 0.273. The second-order valence-electron chi connectivity index (χ2n) is 6.68. The number of aromatic nitrogens is 1. The van der Waals surface area contributed by atoms with E-state index in [0.29, 0.717) is 18.5 Å². The smallest absolute Gasteiger partial charge is 0.224 e. The summed E-state index contributed by atoms with van der Waals surface area (Å²) >= 11 is 0. The van der Waals surface area contributed by atoms with Gasteiger partial charge in [0.15, 0.2) is 0 Å². The Hall–Kier alpha value is -3.12. The van der Waals surface area contributed by atoms with Crippen LogP contribution in [0.5, 0.6) is 0 Å². The first-order valence-electron chi connectivity index (χ1n) is 9.51. The highest BCUT2D eigenvalue weighted by Crippen LogP contribution is 2.22. The van der Waals surface area contributed by atoms with E-state index in [0.717, 1.165) is 49.2 Å². The molecule has 1 saturated heterocycles. The Bertz CT molecular complexity index is 900. The van der Waals surface area contributed by atoms with E-state index in [1.807, 2.05) is 54.6 Å². The fourth-order valence-corrected chi connectivity index (χ4v) is 3.17.